The summed E-state index contributed by atoms with van der Waals surface area (Å²) in [5, 5.41) is 8.87. The number of nitrogens with zero attached hydrogens (tertiary/aromatic N) is 4. The van der Waals surface area contributed by atoms with Crippen LogP contribution in [0.3, 0.4) is 0 Å². The number of para-hydroxylation sites is 2. The van der Waals surface area contributed by atoms with Gasteiger partial charge in [0, 0.05) is 18.0 Å². The molecule has 0 radical (unpaired) electrons. The highest BCUT2D eigenvalue weighted by Crippen LogP contribution is 2.40. The lowest BCUT2D eigenvalue weighted by molar-refractivity contribution is -0.113. The zero-order valence-electron chi connectivity index (χ0n) is 18.6. The second-order valence-corrected chi connectivity index (χ2v) is 9.44. The van der Waals surface area contributed by atoms with Crippen LogP contribution in [0.5, 0.6) is 0 Å². The van der Waals surface area contributed by atoms with Crippen LogP contribution < -0.4 is 10.9 Å². The lowest BCUT2D eigenvalue weighted by atomic mass is 10.2. The van der Waals surface area contributed by atoms with Crippen LogP contribution in [-0.2, 0) is 4.79 Å². The minimum atomic E-state index is -0.169. The van der Waals surface area contributed by atoms with E-state index in [0.29, 0.717) is 27.8 Å². The van der Waals surface area contributed by atoms with Gasteiger partial charge < -0.3 is 5.32 Å². The zero-order valence-corrected chi connectivity index (χ0v) is 19.4. The van der Waals surface area contributed by atoms with Crippen LogP contribution in [0.2, 0.25) is 0 Å². The number of benzene rings is 2. The average Bonchev–Trinajstić information content (AvgIpc) is 3.58. The Hall–Kier alpha value is -3.39. The molecule has 2 heterocycles. The Morgan fingerprint density at radius 1 is 1.12 bits per heavy atom. The van der Waals surface area contributed by atoms with Gasteiger partial charge in [-0.05, 0) is 51.0 Å². The predicted octanol–water partition coefficient (Wildman–Crippen LogP) is 4.77. The Morgan fingerprint density at radius 3 is 2.58 bits per heavy atom. The van der Waals surface area contributed by atoms with E-state index in [4.69, 9.17) is 5.10 Å². The molecule has 1 aliphatic carbocycles. The van der Waals surface area contributed by atoms with Gasteiger partial charge in [-0.15, -0.1) is 0 Å². The van der Waals surface area contributed by atoms with Crippen LogP contribution in [0.1, 0.15) is 44.3 Å². The summed E-state index contributed by atoms with van der Waals surface area (Å²) in [6.07, 6.45) is 2.27. The molecule has 2 aromatic carbocycles. The van der Waals surface area contributed by atoms with Crippen LogP contribution in [0.4, 0.5) is 5.82 Å². The van der Waals surface area contributed by atoms with Crippen LogP contribution in [0, 0.1) is 0 Å². The number of carbonyl (C=O) groups excluding carboxylic acids is 1. The normalized spacial score (nSPS) is 13.5. The van der Waals surface area contributed by atoms with E-state index in [-0.39, 0.29) is 23.3 Å². The molecule has 8 heteroatoms. The quantitative estimate of drug-likeness (QED) is 0.318. The van der Waals surface area contributed by atoms with Crippen molar-refractivity contribution in [3.63, 3.8) is 0 Å². The molecule has 33 heavy (non-hydrogen) atoms. The molecule has 1 fully saturated rings. The number of hydrogen-bond donors (Lipinski definition) is 1. The van der Waals surface area contributed by atoms with Gasteiger partial charge in [0.2, 0.25) is 5.91 Å². The van der Waals surface area contributed by atoms with E-state index in [9.17, 15) is 9.59 Å². The summed E-state index contributed by atoms with van der Waals surface area (Å²) in [5.41, 5.74) is 2.46. The molecule has 0 bridgehead atoms. The van der Waals surface area contributed by atoms with Gasteiger partial charge in [0.1, 0.15) is 5.82 Å². The monoisotopic (exact) mass is 459 g/mol. The van der Waals surface area contributed by atoms with Crippen molar-refractivity contribution >= 4 is 34.4 Å². The molecule has 1 amide bonds. The number of amides is 1. The summed E-state index contributed by atoms with van der Waals surface area (Å²) in [6, 6.07) is 19.0. The van der Waals surface area contributed by atoms with Gasteiger partial charge in [0.15, 0.2) is 5.16 Å². The van der Waals surface area contributed by atoms with Crippen LogP contribution >= 0.6 is 11.8 Å². The predicted molar refractivity (Wildman–Crippen MR) is 131 cm³/mol. The van der Waals surface area contributed by atoms with Gasteiger partial charge in [0.25, 0.3) is 5.56 Å². The summed E-state index contributed by atoms with van der Waals surface area (Å²) in [7, 11) is 0. The second kappa shape index (κ2) is 8.86. The fourth-order valence-corrected chi connectivity index (χ4v) is 4.75. The standard InChI is InChI=1S/C25H25N5O2S/c1-16(2)29-24(32)19-10-6-7-11-20(19)26-25(29)33-15-23(31)27-22-14-21(17-12-13-17)28-30(22)18-8-4-3-5-9-18/h3-11,14,16-17H,12-13,15H2,1-2H3,(H,27,31). The highest BCUT2D eigenvalue weighted by molar-refractivity contribution is 7.99. The topological polar surface area (TPSA) is 81.8 Å². The van der Waals surface area contributed by atoms with E-state index in [2.05, 4.69) is 10.3 Å². The van der Waals surface area contributed by atoms with Crippen molar-refractivity contribution in [3.8, 4) is 5.69 Å². The zero-order chi connectivity index (χ0) is 22.9. The molecule has 0 atom stereocenters. The molecular weight excluding hydrogens is 434 g/mol. The molecule has 0 spiro atoms. The fourth-order valence-electron chi connectivity index (χ4n) is 3.82. The van der Waals surface area contributed by atoms with E-state index >= 15 is 0 Å². The van der Waals surface area contributed by atoms with E-state index in [1.807, 2.05) is 68.4 Å². The van der Waals surface area contributed by atoms with Crippen LogP contribution in [0.25, 0.3) is 16.6 Å². The molecule has 1 saturated carbocycles. The van der Waals surface area contributed by atoms with Gasteiger partial charge in [-0.2, -0.15) is 5.10 Å². The molecule has 2 aromatic heterocycles. The number of aromatic nitrogens is 4. The van der Waals surface area contributed by atoms with Gasteiger partial charge in [-0.1, -0.05) is 42.1 Å². The third kappa shape index (κ3) is 4.43. The Kier molecular flexibility index (Phi) is 5.76. The third-order valence-electron chi connectivity index (χ3n) is 5.62. The van der Waals surface area contributed by atoms with Gasteiger partial charge in [0.05, 0.1) is 28.0 Å². The van der Waals surface area contributed by atoms with Crippen molar-refractivity contribution in [1.82, 2.24) is 19.3 Å². The van der Waals surface area contributed by atoms with Crippen LogP contribution in [0.15, 0.2) is 70.6 Å². The van der Waals surface area contributed by atoms with E-state index in [0.717, 1.165) is 24.2 Å². The third-order valence-corrected chi connectivity index (χ3v) is 6.57. The molecule has 1 N–H and O–H groups in total. The second-order valence-electron chi connectivity index (χ2n) is 8.49. The van der Waals surface area contributed by atoms with Crippen molar-refractivity contribution in [3.05, 3.63) is 76.7 Å². The molecular formula is C25H25N5O2S. The fraction of sp³-hybridized carbons (Fsp3) is 0.280. The Morgan fingerprint density at radius 2 is 1.85 bits per heavy atom. The molecule has 5 rings (SSSR count). The first-order valence-electron chi connectivity index (χ1n) is 11.1. The number of anilines is 1. The molecule has 4 aromatic rings. The lowest BCUT2D eigenvalue weighted by Gasteiger charge is -2.16. The largest absolute Gasteiger partial charge is 0.310 e. The number of hydrogen-bond acceptors (Lipinski definition) is 5. The van der Waals surface area contributed by atoms with Crippen molar-refractivity contribution in [2.75, 3.05) is 11.1 Å². The number of rotatable bonds is 7. The number of fused-ring (bicyclic) bond motifs is 1. The molecule has 7 nitrogen and oxygen atoms in total. The van der Waals surface area contributed by atoms with Crippen molar-refractivity contribution in [1.29, 1.82) is 0 Å². The highest BCUT2D eigenvalue weighted by Gasteiger charge is 2.28. The summed E-state index contributed by atoms with van der Waals surface area (Å²) < 4.78 is 3.44. The maximum Gasteiger partial charge on any atom is 0.262 e. The molecule has 1 aliphatic rings. The minimum Gasteiger partial charge on any atom is -0.310 e. The lowest BCUT2D eigenvalue weighted by Crippen LogP contribution is -2.26. The van der Waals surface area contributed by atoms with Crippen molar-refractivity contribution in [2.45, 2.75) is 43.8 Å². The van der Waals surface area contributed by atoms with Gasteiger partial charge >= 0.3 is 0 Å². The highest BCUT2D eigenvalue weighted by atomic mass is 32.2. The Balaban J connectivity index is 1.38. The average molecular weight is 460 g/mol. The van der Waals surface area contributed by atoms with E-state index in [1.54, 1.807) is 15.3 Å². The first kappa shape index (κ1) is 21.5. The smallest absolute Gasteiger partial charge is 0.262 e. The van der Waals surface area contributed by atoms with Gasteiger partial charge in [-0.3, -0.25) is 14.2 Å². The summed E-state index contributed by atoms with van der Waals surface area (Å²) >= 11 is 1.27. The molecule has 0 saturated heterocycles. The Labute approximate surface area is 195 Å². The Bertz CT molecular complexity index is 1370. The summed E-state index contributed by atoms with van der Waals surface area (Å²) in [5.74, 6) is 1.09. The summed E-state index contributed by atoms with van der Waals surface area (Å²) in [6.45, 7) is 3.89. The van der Waals surface area contributed by atoms with Crippen molar-refractivity contribution < 1.29 is 4.79 Å². The molecule has 0 unspecified atom stereocenters. The SMILES string of the molecule is CC(C)n1c(SCC(=O)Nc2cc(C3CC3)nn2-c2ccccc2)nc2ccccc2c1=O. The van der Waals surface area contributed by atoms with Crippen LogP contribution in [-0.4, -0.2) is 31.0 Å². The van der Waals surface area contributed by atoms with E-state index in [1.165, 1.54) is 11.8 Å². The van der Waals surface area contributed by atoms with Crippen molar-refractivity contribution in [2.24, 2.45) is 0 Å². The van der Waals surface area contributed by atoms with E-state index < -0.39 is 0 Å². The number of carbonyl (C=O) groups is 1. The molecule has 0 aliphatic heterocycles. The number of thioether (sulfide) groups is 1. The number of nitrogens with one attached hydrogen (secondary N) is 1. The van der Waals surface area contributed by atoms with Gasteiger partial charge in [-0.25, -0.2) is 9.67 Å². The minimum absolute atomic E-state index is 0.0687. The summed E-state index contributed by atoms with van der Waals surface area (Å²) in [4.78, 5) is 30.6. The maximum atomic E-state index is 13.0. The molecule has 168 valence electrons. The maximum absolute atomic E-state index is 13.0. The first-order chi connectivity index (χ1) is 16.0. The first-order valence-corrected chi connectivity index (χ1v) is 12.1.